The highest BCUT2D eigenvalue weighted by molar-refractivity contribution is 6.31. The molecule has 1 fully saturated rings. The van der Waals surface area contributed by atoms with Crippen molar-refractivity contribution in [1.82, 2.24) is 14.9 Å². The van der Waals surface area contributed by atoms with Gasteiger partial charge in [0.05, 0.1) is 30.4 Å². The van der Waals surface area contributed by atoms with E-state index in [1.165, 1.54) is 0 Å². The number of halogens is 1. The molecule has 2 heterocycles. The number of morpholine rings is 1. The van der Waals surface area contributed by atoms with E-state index in [0.29, 0.717) is 59.7 Å². The van der Waals surface area contributed by atoms with Crippen molar-refractivity contribution in [1.29, 1.82) is 0 Å². The molecule has 1 aliphatic heterocycles. The maximum Gasteiger partial charge on any atom is 0.260 e. The summed E-state index contributed by atoms with van der Waals surface area (Å²) in [6.07, 6.45) is 1.55. The Hall–Kier alpha value is -2.90. The van der Waals surface area contributed by atoms with Gasteiger partial charge in [-0.1, -0.05) is 11.6 Å². The number of benzene rings is 2. The summed E-state index contributed by atoms with van der Waals surface area (Å²) >= 11 is 5.95. The quantitative estimate of drug-likeness (QED) is 0.655. The van der Waals surface area contributed by atoms with Crippen LogP contribution in [-0.4, -0.2) is 53.7 Å². The lowest BCUT2D eigenvalue weighted by Gasteiger charge is -2.26. The number of carbonyl (C=O) groups excluding carboxylic acids is 1. The summed E-state index contributed by atoms with van der Waals surface area (Å²) in [5.41, 5.74) is 1.40. The average Bonchev–Trinajstić information content (AvgIpc) is 2.74. The largest absolute Gasteiger partial charge is 0.484 e. The molecule has 2 aromatic carbocycles. The topological polar surface area (TPSA) is 73.8 Å². The van der Waals surface area contributed by atoms with Crippen LogP contribution >= 0.6 is 11.6 Å². The summed E-state index contributed by atoms with van der Waals surface area (Å²) in [7, 11) is 0. The van der Waals surface area contributed by atoms with Crippen LogP contribution in [-0.2, 0) is 9.53 Å². The summed E-state index contributed by atoms with van der Waals surface area (Å²) in [5.74, 6) is 1.52. The fourth-order valence-electron chi connectivity index (χ4n) is 2.79. The lowest BCUT2D eigenvalue weighted by molar-refractivity contribution is -0.137. The summed E-state index contributed by atoms with van der Waals surface area (Å²) in [4.78, 5) is 22.6. The van der Waals surface area contributed by atoms with Crippen LogP contribution in [0.5, 0.6) is 17.4 Å². The van der Waals surface area contributed by atoms with Gasteiger partial charge in [-0.05, 0) is 42.5 Å². The summed E-state index contributed by atoms with van der Waals surface area (Å²) in [5, 5.41) is 0.609. The molecule has 0 radical (unpaired) electrons. The third kappa shape index (κ3) is 4.49. The van der Waals surface area contributed by atoms with Crippen LogP contribution in [0.15, 0.2) is 48.7 Å². The predicted molar refractivity (Wildman–Crippen MR) is 104 cm³/mol. The highest BCUT2D eigenvalue weighted by Crippen LogP contribution is 2.24. The van der Waals surface area contributed by atoms with Crippen molar-refractivity contribution in [3.05, 3.63) is 53.7 Å². The van der Waals surface area contributed by atoms with Crippen LogP contribution < -0.4 is 9.47 Å². The van der Waals surface area contributed by atoms with Gasteiger partial charge in [-0.25, -0.2) is 9.97 Å². The van der Waals surface area contributed by atoms with E-state index in [1.807, 2.05) is 0 Å². The number of aromatic nitrogens is 2. The smallest absolute Gasteiger partial charge is 0.260 e. The third-order valence-corrected chi connectivity index (χ3v) is 4.49. The first-order chi connectivity index (χ1) is 13.7. The number of nitrogens with zero attached hydrogens (tertiary/aromatic N) is 3. The average molecular weight is 400 g/mol. The monoisotopic (exact) mass is 399 g/mol. The van der Waals surface area contributed by atoms with Gasteiger partial charge in [0.1, 0.15) is 11.5 Å². The van der Waals surface area contributed by atoms with Gasteiger partial charge in [0.25, 0.3) is 5.91 Å². The van der Waals surface area contributed by atoms with Crippen LogP contribution in [0.25, 0.3) is 11.0 Å². The number of hydrogen-bond acceptors (Lipinski definition) is 6. The van der Waals surface area contributed by atoms with Crippen LogP contribution in [0.1, 0.15) is 0 Å². The van der Waals surface area contributed by atoms with Crippen LogP contribution in [0.3, 0.4) is 0 Å². The minimum Gasteiger partial charge on any atom is -0.484 e. The molecule has 0 bridgehead atoms. The molecule has 1 saturated heterocycles. The van der Waals surface area contributed by atoms with Gasteiger partial charge in [0, 0.05) is 18.1 Å². The molecule has 1 amide bonds. The van der Waals surface area contributed by atoms with Gasteiger partial charge >= 0.3 is 0 Å². The van der Waals surface area contributed by atoms with Crippen molar-refractivity contribution >= 4 is 28.5 Å². The first kappa shape index (κ1) is 18.5. The van der Waals surface area contributed by atoms with E-state index < -0.39 is 0 Å². The maximum absolute atomic E-state index is 12.1. The number of hydrogen-bond donors (Lipinski definition) is 0. The Bertz CT molecular complexity index is 975. The molecule has 1 aliphatic rings. The van der Waals surface area contributed by atoms with Gasteiger partial charge < -0.3 is 19.1 Å². The normalized spacial score (nSPS) is 14.1. The molecule has 144 valence electrons. The van der Waals surface area contributed by atoms with Gasteiger partial charge in [0.2, 0.25) is 5.88 Å². The molecule has 0 aliphatic carbocycles. The van der Waals surface area contributed by atoms with Gasteiger partial charge in [-0.3, -0.25) is 4.79 Å². The minimum atomic E-state index is -0.0461. The Morgan fingerprint density at radius 2 is 1.82 bits per heavy atom. The lowest BCUT2D eigenvalue weighted by atomic mass is 10.3. The number of amides is 1. The highest BCUT2D eigenvalue weighted by atomic mass is 35.5. The molecule has 8 heteroatoms. The summed E-state index contributed by atoms with van der Waals surface area (Å²) in [6.45, 7) is 2.35. The van der Waals surface area contributed by atoms with E-state index in [9.17, 15) is 4.79 Å². The Balaban J connectivity index is 1.35. The van der Waals surface area contributed by atoms with Crippen LogP contribution in [0, 0.1) is 0 Å². The second-order valence-electron chi connectivity index (χ2n) is 6.20. The Morgan fingerprint density at radius 3 is 2.61 bits per heavy atom. The number of fused-ring (bicyclic) bond motifs is 1. The highest BCUT2D eigenvalue weighted by Gasteiger charge is 2.17. The second kappa shape index (κ2) is 8.41. The van der Waals surface area contributed by atoms with Crippen molar-refractivity contribution < 1.29 is 19.0 Å². The number of ether oxygens (including phenoxy) is 3. The zero-order valence-corrected chi connectivity index (χ0v) is 15.8. The van der Waals surface area contributed by atoms with E-state index in [0.717, 1.165) is 0 Å². The molecular weight excluding hydrogens is 382 g/mol. The van der Waals surface area contributed by atoms with Crippen molar-refractivity contribution in [2.45, 2.75) is 0 Å². The minimum absolute atomic E-state index is 0.00108. The van der Waals surface area contributed by atoms with E-state index in [2.05, 4.69) is 9.97 Å². The van der Waals surface area contributed by atoms with Gasteiger partial charge in [-0.15, -0.1) is 0 Å². The van der Waals surface area contributed by atoms with E-state index in [4.69, 9.17) is 25.8 Å². The molecular formula is C20H18ClN3O4. The van der Waals surface area contributed by atoms with Crippen molar-refractivity contribution in [3.63, 3.8) is 0 Å². The molecule has 0 atom stereocenters. The maximum atomic E-state index is 12.1. The van der Waals surface area contributed by atoms with Crippen molar-refractivity contribution in [3.8, 4) is 17.4 Å². The zero-order valence-electron chi connectivity index (χ0n) is 15.0. The summed E-state index contributed by atoms with van der Waals surface area (Å²) in [6, 6.07) is 12.3. The fraction of sp³-hybridized carbons (Fsp3) is 0.250. The van der Waals surface area contributed by atoms with Crippen LogP contribution in [0.4, 0.5) is 0 Å². The molecule has 7 nitrogen and oxygen atoms in total. The number of rotatable bonds is 5. The van der Waals surface area contributed by atoms with Crippen molar-refractivity contribution in [2.75, 3.05) is 32.9 Å². The molecule has 3 aromatic rings. The second-order valence-corrected chi connectivity index (χ2v) is 6.63. The SMILES string of the molecule is O=C(COc1ccc(Oc2cnc3cc(Cl)ccc3n2)cc1)N1CCOCC1. The Labute approximate surface area is 166 Å². The molecule has 0 spiro atoms. The zero-order chi connectivity index (χ0) is 19.3. The predicted octanol–water partition coefficient (Wildman–Crippen LogP) is 3.31. The molecule has 4 rings (SSSR count). The van der Waals surface area contributed by atoms with Gasteiger partial charge in [0.15, 0.2) is 6.61 Å². The summed E-state index contributed by atoms with van der Waals surface area (Å²) < 4.78 is 16.5. The standard InChI is InChI=1S/C20H18ClN3O4/c21-14-1-6-17-18(11-14)22-12-19(23-17)28-16-4-2-15(3-5-16)27-13-20(25)24-7-9-26-10-8-24/h1-6,11-12H,7-10,13H2. The molecule has 1 aromatic heterocycles. The fourth-order valence-corrected chi connectivity index (χ4v) is 2.96. The first-order valence-corrected chi connectivity index (χ1v) is 9.24. The van der Waals surface area contributed by atoms with Gasteiger partial charge in [-0.2, -0.15) is 0 Å². The van der Waals surface area contributed by atoms with Crippen molar-refractivity contribution in [2.24, 2.45) is 0 Å². The lowest BCUT2D eigenvalue weighted by Crippen LogP contribution is -2.42. The number of carbonyl (C=O) groups is 1. The molecule has 28 heavy (non-hydrogen) atoms. The van der Waals surface area contributed by atoms with E-state index >= 15 is 0 Å². The third-order valence-electron chi connectivity index (χ3n) is 4.25. The Kier molecular flexibility index (Phi) is 5.55. The van der Waals surface area contributed by atoms with Crippen LogP contribution in [0.2, 0.25) is 5.02 Å². The van der Waals surface area contributed by atoms with E-state index in [-0.39, 0.29) is 12.5 Å². The molecule has 0 N–H and O–H groups in total. The molecule has 0 saturated carbocycles. The van der Waals surface area contributed by atoms with E-state index in [1.54, 1.807) is 53.6 Å². The first-order valence-electron chi connectivity index (χ1n) is 8.86. The Morgan fingerprint density at radius 1 is 1.07 bits per heavy atom. The molecule has 0 unspecified atom stereocenters.